The van der Waals surface area contributed by atoms with E-state index in [0.717, 1.165) is 12.2 Å². The number of hydrogen-bond acceptors (Lipinski definition) is 2. The maximum Gasteiger partial charge on any atom is 0.122 e. The molecule has 0 aliphatic rings. The molecule has 0 radical (unpaired) electrons. The summed E-state index contributed by atoms with van der Waals surface area (Å²) < 4.78 is 2.09. The van der Waals surface area contributed by atoms with Crippen molar-refractivity contribution >= 4 is 0 Å². The zero-order valence-electron chi connectivity index (χ0n) is 7.88. The highest BCUT2D eigenvalue weighted by atomic mass is 15.1. The smallest absolute Gasteiger partial charge is 0.122 e. The fourth-order valence-electron chi connectivity index (χ4n) is 1.27. The Morgan fingerprint density at radius 3 is 2.83 bits per heavy atom. The van der Waals surface area contributed by atoms with Crippen LogP contribution in [0.15, 0.2) is 6.20 Å². The Bertz CT molecular complexity index is 240. The SMILES string of the molecule is CCCCc1cnc(CN)n1C. The topological polar surface area (TPSA) is 43.8 Å². The van der Waals surface area contributed by atoms with E-state index in [4.69, 9.17) is 5.73 Å². The zero-order chi connectivity index (χ0) is 8.97. The fourth-order valence-corrected chi connectivity index (χ4v) is 1.27. The minimum absolute atomic E-state index is 0.530. The summed E-state index contributed by atoms with van der Waals surface area (Å²) in [6.07, 6.45) is 5.49. The van der Waals surface area contributed by atoms with Gasteiger partial charge in [-0.2, -0.15) is 0 Å². The number of aromatic nitrogens is 2. The van der Waals surface area contributed by atoms with E-state index in [1.807, 2.05) is 13.2 Å². The van der Waals surface area contributed by atoms with Crippen molar-refractivity contribution < 1.29 is 0 Å². The van der Waals surface area contributed by atoms with Gasteiger partial charge in [0.1, 0.15) is 5.82 Å². The highest BCUT2D eigenvalue weighted by Gasteiger charge is 2.02. The third-order valence-electron chi connectivity index (χ3n) is 2.15. The fraction of sp³-hybridized carbons (Fsp3) is 0.667. The predicted molar refractivity (Wildman–Crippen MR) is 49.7 cm³/mol. The first-order valence-corrected chi connectivity index (χ1v) is 4.49. The average molecular weight is 167 g/mol. The summed E-state index contributed by atoms with van der Waals surface area (Å²) in [5.74, 6) is 0.973. The van der Waals surface area contributed by atoms with Gasteiger partial charge in [0.05, 0.1) is 6.54 Å². The van der Waals surface area contributed by atoms with Crippen LogP contribution < -0.4 is 5.73 Å². The van der Waals surface area contributed by atoms with E-state index in [1.54, 1.807) is 0 Å². The lowest BCUT2D eigenvalue weighted by atomic mass is 10.2. The molecule has 68 valence electrons. The molecule has 1 aromatic rings. The van der Waals surface area contributed by atoms with Crippen molar-refractivity contribution in [1.82, 2.24) is 9.55 Å². The van der Waals surface area contributed by atoms with Gasteiger partial charge in [-0.3, -0.25) is 0 Å². The second-order valence-corrected chi connectivity index (χ2v) is 3.03. The van der Waals surface area contributed by atoms with Crippen molar-refractivity contribution in [3.8, 4) is 0 Å². The van der Waals surface area contributed by atoms with Crippen LogP contribution in [0.5, 0.6) is 0 Å². The van der Waals surface area contributed by atoms with Crippen LogP contribution in [0, 0.1) is 0 Å². The van der Waals surface area contributed by atoms with Crippen LogP contribution in [0.3, 0.4) is 0 Å². The second-order valence-electron chi connectivity index (χ2n) is 3.03. The van der Waals surface area contributed by atoms with E-state index in [9.17, 15) is 0 Å². The van der Waals surface area contributed by atoms with Gasteiger partial charge in [-0.15, -0.1) is 0 Å². The third kappa shape index (κ3) is 1.85. The molecule has 2 N–H and O–H groups in total. The first-order chi connectivity index (χ1) is 5.79. The quantitative estimate of drug-likeness (QED) is 0.732. The Morgan fingerprint density at radius 2 is 2.33 bits per heavy atom. The number of hydrogen-bond donors (Lipinski definition) is 1. The van der Waals surface area contributed by atoms with Gasteiger partial charge in [-0.05, 0) is 12.8 Å². The molecular weight excluding hydrogens is 150 g/mol. The maximum absolute atomic E-state index is 5.51. The van der Waals surface area contributed by atoms with E-state index in [2.05, 4.69) is 16.5 Å². The number of nitrogens with two attached hydrogens (primary N) is 1. The molecular formula is C9H17N3. The van der Waals surface area contributed by atoms with Gasteiger partial charge in [0, 0.05) is 18.9 Å². The Morgan fingerprint density at radius 1 is 1.58 bits per heavy atom. The number of unbranched alkanes of at least 4 members (excludes halogenated alkanes) is 1. The lowest BCUT2D eigenvalue weighted by Gasteiger charge is -2.02. The second kappa shape index (κ2) is 4.26. The largest absolute Gasteiger partial charge is 0.334 e. The summed E-state index contributed by atoms with van der Waals surface area (Å²) in [7, 11) is 2.03. The molecule has 0 aliphatic heterocycles. The van der Waals surface area contributed by atoms with Gasteiger partial charge < -0.3 is 10.3 Å². The van der Waals surface area contributed by atoms with E-state index >= 15 is 0 Å². The molecule has 0 aromatic carbocycles. The van der Waals surface area contributed by atoms with Gasteiger partial charge in [-0.25, -0.2) is 4.98 Å². The molecule has 0 fully saturated rings. The zero-order valence-corrected chi connectivity index (χ0v) is 7.88. The molecule has 1 aromatic heterocycles. The van der Waals surface area contributed by atoms with Crippen molar-refractivity contribution in [2.45, 2.75) is 32.7 Å². The summed E-state index contributed by atoms with van der Waals surface area (Å²) in [5, 5.41) is 0. The lowest BCUT2D eigenvalue weighted by molar-refractivity contribution is 0.705. The Hall–Kier alpha value is -0.830. The Kier molecular flexibility index (Phi) is 3.29. The first kappa shape index (κ1) is 9.26. The average Bonchev–Trinajstić information content (AvgIpc) is 2.43. The summed E-state index contributed by atoms with van der Waals surface area (Å²) in [4.78, 5) is 4.23. The molecule has 0 saturated carbocycles. The van der Waals surface area contributed by atoms with E-state index in [1.165, 1.54) is 18.5 Å². The molecule has 3 heteroatoms. The van der Waals surface area contributed by atoms with Gasteiger partial charge in [0.15, 0.2) is 0 Å². The van der Waals surface area contributed by atoms with Gasteiger partial charge in [-0.1, -0.05) is 13.3 Å². The minimum atomic E-state index is 0.530. The number of imidazole rings is 1. The monoisotopic (exact) mass is 167 g/mol. The molecule has 3 nitrogen and oxygen atoms in total. The molecule has 1 heterocycles. The van der Waals surface area contributed by atoms with E-state index < -0.39 is 0 Å². The highest BCUT2D eigenvalue weighted by Crippen LogP contribution is 2.06. The predicted octanol–water partition coefficient (Wildman–Crippen LogP) is 1.22. The van der Waals surface area contributed by atoms with Crippen LogP contribution >= 0.6 is 0 Å². The van der Waals surface area contributed by atoms with Crippen molar-refractivity contribution in [1.29, 1.82) is 0 Å². The standard InChI is InChI=1S/C9H17N3/c1-3-4-5-8-7-11-9(6-10)12(8)2/h7H,3-6,10H2,1-2H3. The van der Waals surface area contributed by atoms with Crippen LogP contribution in [0.4, 0.5) is 0 Å². The summed E-state index contributed by atoms with van der Waals surface area (Å²) in [6.45, 7) is 2.73. The van der Waals surface area contributed by atoms with E-state index in [0.29, 0.717) is 6.54 Å². The molecule has 0 amide bonds. The van der Waals surface area contributed by atoms with Crippen LogP contribution in [0.25, 0.3) is 0 Å². The molecule has 0 atom stereocenters. The number of nitrogens with zero attached hydrogens (tertiary/aromatic N) is 2. The summed E-state index contributed by atoms with van der Waals surface area (Å²) >= 11 is 0. The maximum atomic E-state index is 5.51. The van der Waals surface area contributed by atoms with Crippen LogP contribution in [0.1, 0.15) is 31.3 Å². The lowest BCUT2D eigenvalue weighted by Crippen LogP contribution is -2.06. The van der Waals surface area contributed by atoms with Crippen molar-refractivity contribution in [2.24, 2.45) is 12.8 Å². The number of rotatable bonds is 4. The molecule has 0 spiro atoms. The summed E-state index contributed by atoms with van der Waals surface area (Å²) in [6, 6.07) is 0. The van der Waals surface area contributed by atoms with Gasteiger partial charge in [0.25, 0.3) is 0 Å². The number of aryl methyl sites for hydroxylation is 1. The normalized spacial score (nSPS) is 10.6. The molecule has 12 heavy (non-hydrogen) atoms. The third-order valence-corrected chi connectivity index (χ3v) is 2.15. The molecule has 0 aliphatic carbocycles. The Balaban J connectivity index is 2.66. The first-order valence-electron chi connectivity index (χ1n) is 4.49. The molecule has 1 rings (SSSR count). The van der Waals surface area contributed by atoms with Crippen molar-refractivity contribution in [3.63, 3.8) is 0 Å². The van der Waals surface area contributed by atoms with Crippen LogP contribution in [0.2, 0.25) is 0 Å². The van der Waals surface area contributed by atoms with E-state index in [-0.39, 0.29) is 0 Å². The summed E-state index contributed by atoms with van der Waals surface area (Å²) in [5.41, 5.74) is 6.80. The highest BCUT2D eigenvalue weighted by molar-refractivity contribution is 5.04. The van der Waals surface area contributed by atoms with Crippen LogP contribution in [-0.2, 0) is 20.0 Å². The molecule has 0 unspecified atom stereocenters. The molecule has 0 bridgehead atoms. The van der Waals surface area contributed by atoms with Gasteiger partial charge >= 0.3 is 0 Å². The van der Waals surface area contributed by atoms with Gasteiger partial charge in [0.2, 0.25) is 0 Å². The van der Waals surface area contributed by atoms with Crippen molar-refractivity contribution in [3.05, 3.63) is 17.7 Å². The Labute approximate surface area is 73.6 Å². The molecule has 0 saturated heterocycles. The van der Waals surface area contributed by atoms with Crippen molar-refractivity contribution in [2.75, 3.05) is 0 Å². The minimum Gasteiger partial charge on any atom is -0.334 e. The van der Waals surface area contributed by atoms with Crippen LogP contribution in [-0.4, -0.2) is 9.55 Å².